The van der Waals surface area contributed by atoms with E-state index >= 15 is 0 Å². The molecule has 1 aliphatic heterocycles. The Morgan fingerprint density at radius 3 is 2.76 bits per heavy atom. The van der Waals surface area contributed by atoms with Crippen LogP contribution < -0.4 is 15.4 Å². The molecule has 1 amide bonds. The van der Waals surface area contributed by atoms with Crippen molar-refractivity contribution in [2.24, 2.45) is 5.73 Å². The molecule has 1 aliphatic rings. The highest BCUT2D eigenvalue weighted by atomic mass is 32.2. The van der Waals surface area contributed by atoms with E-state index in [2.05, 4.69) is 9.62 Å². The molecule has 25 heavy (non-hydrogen) atoms. The molecule has 8 heteroatoms. The molecule has 3 atom stereocenters. The molecule has 140 valence electrons. The summed E-state index contributed by atoms with van der Waals surface area (Å²) in [6.07, 6.45) is 0.0570. The first-order valence-corrected chi connectivity index (χ1v) is 9.41. The molecular formula is C17H26FN3O3S. The van der Waals surface area contributed by atoms with E-state index in [4.69, 9.17) is 10.5 Å². The lowest BCUT2D eigenvalue weighted by Gasteiger charge is -2.43. The zero-order valence-corrected chi connectivity index (χ0v) is 15.9. The van der Waals surface area contributed by atoms with Crippen molar-refractivity contribution in [1.82, 2.24) is 4.72 Å². The van der Waals surface area contributed by atoms with Gasteiger partial charge in [0.25, 0.3) is 0 Å². The number of amides is 1. The van der Waals surface area contributed by atoms with Crippen molar-refractivity contribution < 1.29 is 18.5 Å². The van der Waals surface area contributed by atoms with E-state index in [0.717, 1.165) is 24.2 Å². The van der Waals surface area contributed by atoms with Gasteiger partial charge < -0.3 is 19.9 Å². The van der Waals surface area contributed by atoms with Gasteiger partial charge in [-0.05, 0) is 57.9 Å². The van der Waals surface area contributed by atoms with Crippen LogP contribution in [0.2, 0.25) is 0 Å². The SMILES string of the molecule is CC(N[S@+]([O-])C(C)(C)C)c1cc(F)ccc1N1CCC1COC(N)=O. The predicted molar refractivity (Wildman–Crippen MR) is 97.1 cm³/mol. The molecule has 3 N–H and O–H groups in total. The number of nitrogens with zero attached hydrogens (tertiary/aromatic N) is 1. The van der Waals surface area contributed by atoms with E-state index in [1.165, 1.54) is 12.1 Å². The molecule has 1 aromatic rings. The van der Waals surface area contributed by atoms with Crippen molar-refractivity contribution in [1.29, 1.82) is 0 Å². The summed E-state index contributed by atoms with van der Waals surface area (Å²) >= 11 is -1.28. The fourth-order valence-corrected chi connectivity index (χ4v) is 3.45. The summed E-state index contributed by atoms with van der Waals surface area (Å²) in [5, 5.41) is 0. The van der Waals surface area contributed by atoms with Gasteiger partial charge in [-0.2, -0.15) is 0 Å². The highest BCUT2D eigenvalue weighted by Crippen LogP contribution is 2.34. The lowest BCUT2D eigenvalue weighted by molar-refractivity contribution is 0.138. The van der Waals surface area contributed by atoms with Gasteiger partial charge in [-0.1, -0.05) is 0 Å². The fourth-order valence-electron chi connectivity index (χ4n) is 2.64. The Hall–Kier alpha value is -1.51. The molecule has 0 bridgehead atoms. The van der Waals surface area contributed by atoms with Crippen LogP contribution in [0.1, 0.15) is 45.7 Å². The molecule has 2 rings (SSSR count). The molecular weight excluding hydrogens is 345 g/mol. The van der Waals surface area contributed by atoms with Crippen LogP contribution in [0.4, 0.5) is 14.9 Å². The van der Waals surface area contributed by atoms with E-state index in [-0.39, 0.29) is 24.5 Å². The predicted octanol–water partition coefficient (Wildman–Crippen LogP) is 2.61. The van der Waals surface area contributed by atoms with Gasteiger partial charge in [-0.3, -0.25) is 0 Å². The highest BCUT2D eigenvalue weighted by Gasteiger charge is 2.33. The average Bonchev–Trinajstić information content (AvgIpc) is 2.46. The molecule has 0 aromatic heterocycles. The normalized spacial score (nSPS) is 19.9. The van der Waals surface area contributed by atoms with Crippen LogP contribution in [0.25, 0.3) is 0 Å². The average molecular weight is 371 g/mol. The number of primary amides is 1. The number of ether oxygens (including phenoxy) is 1. The van der Waals surface area contributed by atoms with Crippen LogP contribution >= 0.6 is 0 Å². The number of carbonyl (C=O) groups excluding carboxylic acids is 1. The Morgan fingerprint density at radius 2 is 2.24 bits per heavy atom. The van der Waals surface area contributed by atoms with Crippen LogP contribution in [-0.4, -0.2) is 34.6 Å². The number of anilines is 1. The summed E-state index contributed by atoms with van der Waals surface area (Å²) in [6, 6.07) is 4.27. The minimum Gasteiger partial charge on any atom is -0.598 e. The highest BCUT2D eigenvalue weighted by molar-refractivity contribution is 7.90. The first-order chi connectivity index (χ1) is 11.6. The number of hydrogen-bond donors (Lipinski definition) is 2. The monoisotopic (exact) mass is 371 g/mol. The first-order valence-electron chi connectivity index (χ1n) is 8.26. The van der Waals surface area contributed by atoms with Gasteiger partial charge in [0, 0.05) is 23.6 Å². The number of carbonyl (C=O) groups is 1. The zero-order valence-electron chi connectivity index (χ0n) is 15.0. The van der Waals surface area contributed by atoms with Crippen molar-refractivity contribution in [3.05, 3.63) is 29.6 Å². The van der Waals surface area contributed by atoms with Gasteiger partial charge in [0.1, 0.15) is 17.2 Å². The summed E-state index contributed by atoms with van der Waals surface area (Å²) in [5.41, 5.74) is 6.59. The molecule has 0 spiro atoms. The van der Waals surface area contributed by atoms with Gasteiger partial charge in [-0.15, -0.1) is 4.72 Å². The molecule has 0 saturated carbocycles. The lowest BCUT2D eigenvalue weighted by atomic mass is 9.98. The zero-order chi connectivity index (χ0) is 18.8. The van der Waals surface area contributed by atoms with Crippen molar-refractivity contribution in [2.45, 2.75) is 50.9 Å². The standard InChI is InChI=1S/C17H26FN3O3S/c1-11(20-25(23)17(2,3)4)14-9-12(18)5-6-15(14)21-8-7-13(21)10-24-16(19)22/h5-6,9,11,13,20H,7-8,10H2,1-4H3,(H2,19,22)/t11?,13?,25-/m1/s1. The Balaban J connectivity index is 2.18. The van der Waals surface area contributed by atoms with E-state index in [1.807, 2.05) is 27.7 Å². The van der Waals surface area contributed by atoms with Crippen LogP contribution in [0, 0.1) is 5.82 Å². The Labute approximate surface area is 151 Å². The lowest BCUT2D eigenvalue weighted by Crippen LogP contribution is -2.51. The van der Waals surface area contributed by atoms with Crippen molar-refractivity contribution >= 4 is 23.1 Å². The third kappa shape index (κ3) is 4.99. The van der Waals surface area contributed by atoms with E-state index in [9.17, 15) is 13.7 Å². The molecule has 0 radical (unpaired) electrons. The number of hydrogen-bond acceptors (Lipinski definition) is 5. The quantitative estimate of drug-likeness (QED) is 0.750. The molecule has 1 saturated heterocycles. The van der Waals surface area contributed by atoms with Gasteiger partial charge in [0.2, 0.25) is 0 Å². The first kappa shape index (κ1) is 19.8. The minimum atomic E-state index is -1.28. The van der Waals surface area contributed by atoms with Gasteiger partial charge in [-0.25, -0.2) is 9.18 Å². The topological polar surface area (TPSA) is 90.7 Å². The Morgan fingerprint density at radius 1 is 1.56 bits per heavy atom. The molecule has 1 aromatic carbocycles. The number of halogens is 1. The molecule has 0 aliphatic carbocycles. The summed E-state index contributed by atoms with van der Waals surface area (Å²) < 4.78 is 33.7. The third-order valence-corrected chi connectivity index (χ3v) is 5.85. The molecule has 1 heterocycles. The van der Waals surface area contributed by atoms with E-state index in [0.29, 0.717) is 0 Å². The van der Waals surface area contributed by atoms with Gasteiger partial charge in [0.05, 0.1) is 12.1 Å². The Kier molecular flexibility index (Phi) is 6.18. The fraction of sp³-hybridized carbons (Fsp3) is 0.588. The minimum absolute atomic E-state index is 0.0111. The third-order valence-electron chi connectivity index (χ3n) is 4.17. The number of benzene rings is 1. The number of rotatable bonds is 6. The van der Waals surface area contributed by atoms with Crippen LogP contribution in [0.3, 0.4) is 0 Å². The summed E-state index contributed by atoms with van der Waals surface area (Å²) in [4.78, 5) is 12.9. The largest absolute Gasteiger partial charge is 0.598 e. The van der Waals surface area contributed by atoms with Crippen LogP contribution in [0.15, 0.2) is 18.2 Å². The van der Waals surface area contributed by atoms with Crippen LogP contribution in [0.5, 0.6) is 0 Å². The Bertz CT molecular complexity index is 624. The molecule has 1 fully saturated rings. The maximum absolute atomic E-state index is 13.8. The molecule has 2 unspecified atom stereocenters. The smallest absolute Gasteiger partial charge is 0.404 e. The maximum Gasteiger partial charge on any atom is 0.404 e. The number of nitrogens with two attached hydrogens (primary N) is 1. The molecule has 6 nitrogen and oxygen atoms in total. The van der Waals surface area contributed by atoms with Crippen molar-refractivity contribution in [2.75, 3.05) is 18.1 Å². The van der Waals surface area contributed by atoms with E-state index < -0.39 is 22.2 Å². The van der Waals surface area contributed by atoms with Crippen LogP contribution in [-0.2, 0) is 16.1 Å². The van der Waals surface area contributed by atoms with Crippen molar-refractivity contribution in [3.63, 3.8) is 0 Å². The van der Waals surface area contributed by atoms with E-state index in [1.54, 1.807) is 6.07 Å². The van der Waals surface area contributed by atoms with Gasteiger partial charge in [0.15, 0.2) is 0 Å². The second-order valence-electron chi connectivity index (χ2n) is 7.19. The second-order valence-corrected chi connectivity index (χ2v) is 9.19. The summed E-state index contributed by atoms with van der Waals surface area (Å²) in [7, 11) is 0. The summed E-state index contributed by atoms with van der Waals surface area (Å²) in [5.74, 6) is -0.348. The van der Waals surface area contributed by atoms with Gasteiger partial charge >= 0.3 is 6.09 Å². The number of nitrogens with one attached hydrogen (secondary N) is 1. The summed E-state index contributed by atoms with van der Waals surface area (Å²) in [6.45, 7) is 8.46. The maximum atomic E-state index is 13.8. The van der Waals surface area contributed by atoms with Crippen molar-refractivity contribution in [3.8, 4) is 0 Å². The second kappa shape index (κ2) is 7.80.